The van der Waals surface area contributed by atoms with Gasteiger partial charge in [-0.1, -0.05) is 12.1 Å². The Morgan fingerprint density at radius 3 is 2.45 bits per heavy atom. The molecule has 0 spiro atoms. The molecule has 2 fully saturated rings. The molecular formula is C29H35N5O4. The number of morpholine rings is 2. The molecule has 4 heterocycles. The Balaban J connectivity index is 1.14. The quantitative estimate of drug-likeness (QED) is 0.426. The minimum atomic E-state index is 0.493. The van der Waals surface area contributed by atoms with E-state index in [0.29, 0.717) is 25.6 Å². The molecule has 6 rings (SSSR count). The molecule has 3 aliphatic rings. The number of fused-ring (bicyclic) bond motifs is 1. The van der Waals surface area contributed by atoms with Crippen LogP contribution in [0.1, 0.15) is 17.7 Å². The molecule has 0 saturated carbocycles. The lowest BCUT2D eigenvalue weighted by Crippen LogP contribution is -2.37. The van der Waals surface area contributed by atoms with Crippen molar-refractivity contribution in [1.29, 1.82) is 0 Å². The van der Waals surface area contributed by atoms with Gasteiger partial charge in [-0.2, -0.15) is 0 Å². The Labute approximate surface area is 223 Å². The van der Waals surface area contributed by atoms with Gasteiger partial charge in [0.05, 0.1) is 51.9 Å². The molecule has 1 N–H and O–H groups in total. The van der Waals surface area contributed by atoms with E-state index >= 15 is 0 Å². The molecule has 9 heteroatoms. The van der Waals surface area contributed by atoms with Crippen molar-refractivity contribution in [2.75, 3.05) is 76.0 Å². The normalized spacial score (nSPS) is 17.8. The van der Waals surface area contributed by atoms with Crippen molar-refractivity contribution in [3.05, 3.63) is 59.8 Å². The molecule has 1 aromatic heterocycles. The molecule has 2 saturated heterocycles. The summed E-state index contributed by atoms with van der Waals surface area (Å²) in [5.41, 5.74) is 5.06. The standard InChI is InChI=1S/C29H35N5O4/c1-3-22(19-25(4-1)38-14-2-9-33-10-15-35-16-11-33)28-31-27-21-37-20-26(27)29(32-28)30-23-5-7-24(8-6-23)34-12-17-36-18-13-34/h1,3-8,19H,2,9-18,20-21H2,(H,30,31,32). The maximum Gasteiger partial charge on any atom is 0.162 e. The molecule has 0 atom stereocenters. The van der Waals surface area contributed by atoms with Gasteiger partial charge in [0.15, 0.2) is 5.82 Å². The second kappa shape index (κ2) is 12.1. The summed E-state index contributed by atoms with van der Waals surface area (Å²) in [5, 5.41) is 3.51. The Bertz CT molecular complexity index is 1210. The molecule has 9 nitrogen and oxygen atoms in total. The number of hydrogen-bond donors (Lipinski definition) is 1. The Hall–Kier alpha value is -3.24. The average molecular weight is 518 g/mol. The number of anilines is 3. The third kappa shape index (κ3) is 6.07. The summed E-state index contributed by atoms with van der Waals surface area (Å²) in [6, 6.07) is 16.5. The van der Waals surface area contributed by atoms with Crippen LogP contribution in [-0.4, -0.2) is 80.6 Å². The highest BCUT2D eigenvalue weighted by Crippen LogP contribution is 2.31. The predicted molar refractivity (Wildman–Crippen MR) is 146 cm³/mol. The van der Waals surface area contributed by atoms with Gasteiger partial charge in [0.25, 0.3) is 0 Å². The summed E-state index contributed by atoms with van der Waals surface area (Å²) < 4.78 is 22.7. The molecule has 0 bridgehead atoms. The summed E-state index contributed by atoms with van der Waals surface area (Å²) in [6.07, 6.45) is 0.981. The number of nitrogens with zero attached hydrogens (tertiary/aromatic N) is 4. The fourth-order valence-electron chi connectivity index (χ4n) is 5.03. The fourth-order valence-corrected chi connectivity index (χ4v) is 5.03. The van der Waals surface area contributed by atoms with E-state index in [1.165, 1.54) is 5.69 Å². The van der Waals surface area contributed by atoms with E-state index in [0.717, 1.165) is 99.6 Å². The van der Waals surface area contributed by atoms with Crippen LogP contribution in [0.15, 0.2) is 48.5 Å². The van der Waals surface area contributed by atoms with E-state index in [1.807, 2.05) is 24.3 Å². The van der Waals surface area contributed by atoms with E-state index in [1.54, 1.807) is 0 Å². The van der Waals surface area contributed by atoms with Crippen molar-refractivity contribution in [3.63, 3.8) is 0 Å². The van der Waals surface area contributed by atoms with E-state index in [2.05, 4.69) is 39.4 Å². The summed E-state index contributed by atoms with van der Waals surface area (Å²) in [4.78, 5) is 14.5. The topological polar surface area (TPSA) is 81.2 Å². The van der Waals surface area contributed by atoms with Gasteiger partial charge in [-0.05, 0) is 42.8 Å². The van der Waals surface area contributed by atoms with Gasteiger partial charge in [-0.3, -0.25) is 4.90 Å². The highest BCUT2D eigenvalue weighted by Gasteiger charge is 2.21. The summed E-state index contributed by atoms with van der Waals surface area (Å²) in [7, 11) is 0. The van der Waals surface area contributed by atoms with E-state index in [-0.39, 0.29) is 0 Å². The third-order valence-corrected chi connectivity index (χ3v) is 7.17. The van der Waals surface area contributed by atoms with Crippen LogP contribution in [-0.2, 0) is 27.4 Å². The highest BCUT2D eigenvalue weighted by atomic mass is 16.5. The van der Waals surface area contributed by atoms with Crippen LogP contribution in [0.5, 0.6) is 5.75 Å². The first-order valence-corrected chi connectivity index (χ1v) is 13.5. The van der Waals surface area contributed by atoms with Gasteiger partial charge >= 0.3 is 0 Å². The Kier molecular flexibility index (Phi) is 7.97. The number of benzene rings is 2. The molecule has 0 radical (unpaired) electrons. The predicted octanol–water partition coefficient (Wildman–Crippen LogP) is 3.86. The first-order chi connectivity index (χ1) is 18.8. The van der Waals surface area contributed by atoms with Gasteiger partial charge in [-0.25, -0.2) is 9.97 Å². The van der Waals surface area contributed by atoms with Crippen molar-refractivity contribution in [2.45, 2.75) is 19.6 Å². The molecule has 38 heavy (non-hydrogen) atoms. The maximum absolute atomic E-state index is 6.07. The summed E-state index contributed by atoms with van der Waals surface area (Å²) in [6.45, 7) is 9.75. The second-order valence-electron chi connectivity index (χ2n) is 9.77. The van der Waals surface area contributed by atoms with Crippen molar-refractivity contribution in [2.24, 2.45) is 0 Å². The van der Waals surface area contributed by atoms with Crippen LogP contribution in [0.2, 0.25) is 0 Å². The van der Waals surface area contributed by atoms with Crippen LogP contribution in [0.25, 0.3) is 11.4 Å². The van der Waals surface area contributed by atoms with Gasteiger partial charge in [0.1, 0.15) is 11.6 Å². The van der Waals surface area contributed by atoms with Crippen molar-refractivity contribution in [3.8, 4) is 17.1 Å². The SMILES string of the molecule is c1cc(OCCCN2CCOCC2)cc(-c2nc3c(c(Nc4ccc(N5CCOCC5)cc4)n2)COC3)c1. The van der Waals surface area contributed by atoms with Crippen molar-refractivity contribution < 1.29 is 18.9 Å². The first kappa shape index (κ1) is 25.1. The minimum absolute atomic E-state index is 0.493. The summed E-state index contributed by atoms with van der Waals surface area (Å²) >= 11 is 0. The molecule has 0 aliphatic carbocycles. The molecule has 200 valence electrons. The van der Waals surface area contributed by atoms with Crippen molar-refractivity contribution in [1.82, 2.24) is 14.9 Å². The van der Waals surface area contributed by atoms with E-state index < -0.39 is 0 Å². The summed E-state index contributed by atoms with van der Waals surface area (Å²) in [5.74, 6) is 2.29. The Morgan fingerprint density at radius 2 is 1.63 bits per heavy atom. The number of nitrogens with one attached hydrogen (secondary N) is 1. The van der Waals surface area contributed by atoms with Crippen LogP contribution in [0.3, 0.4) is 0 Å². The molecule has 0 amide bonds. The van der Waals surface area contributed by atoms with Gasteiger partial charge in [0.2, 0.25) is 0 Å². The van der Waals surface area contributed by atoms with E-state index in [4.69, 9.17) is 28.9 Å². The van der Waals surface area contributed by atoms with Crippen molar-refractivity contribution >= 4 is 17.2 Å². The fraction of sp³-hybridized carbons (Fsp3) is 0.448. The first-order valence-electron chi connectivity index (χ1n) is 13.5. The van der Waals surface area contributed by atoms with E-state index in [9.17, 15) is 0 Å². The minimum Gasteiger partial charge on any atom is -0.494 e. The molecule has 3 aliphatic heterocycles. The zero-order chi connectivity index (χ0) is 25.6. The third-order valence-electron chi connectivity index (χ3n) is 7.17. The maximum atomic E-state index is 6.07. The molecule has 3 aromatic rings. The number of hydrogen-bond acceptors (Lipinski definition) is 9. The average Bonchev–Trinajstić information content (AvgIpc) is 3.46. The highest BCUT2D eigenvalue weighted by molar-refractivity contribution is 5.67. The van der Waals surface area contributed by atoms with Crippen LogP contribution < -0.4 is 15.0 Å². The Morgan fingerprint density at radius 1 is 0.842 bits per heavy atom. The smallest absolute Gasteiger partial charge is 0.162 e. The monoisotopic (exact) mass is 517 g/mol. The lowest BCUT2D eigenvalue weighted by molar-refractivity contribution is 0.0358. The van der Waals surface area contributed by atoms with Crippen LogP contribution in [0, 0.1) is 0 Å². The lowest BCUT2D eigenvalue weighted by atomic mass is 10.1. The lowest BCUT2D eigenvalue weighted by Gasteiger charge is -2.29. The molecule has 2 aromatic carbocycles. The van der Waals surface area contributed by atoms with Gasteiger partial charge in [0, 0.05) is 55.2 Å². The zero-order valence-corrected chi connectivity index (χ0v) is 21.7. The van der Waals surface area contributed by atoms with Gasteiger partial charge < -0.3 is 29.2 Å². The number of rotatable bonds is 9. The number of aromatic nitrogens is 2. The molecule has 0 unspecified atom stereocenters. The molecular weight excluding hydrogens is 482 g/mol. The van der Waals surface area contributed by atoms with Crippen LogP contribution in [0.4, 0.5) is 17.2 Å². The zero-order valence-electron chi connectivity index (χ0n) is 21.7. The van der Waals surface area contributed by atoms with Crippen LogP contribution >= 0.6 is 0 Å². The van der Waals surface area contributed by atoms with Gasteiger partial charge in [-0.15, -0.1) is 0 Å². The number of ether oxygens (including phenoxy) is 4. The second-order valence-corrected chi connectivity index (χ2v) is 9.77. The largest absolute Gasteiger partial charge is 0.494 e.